The first-order valence-electron chi connectivity index (χ1n) is 6.02. The van der Waals surface area contributed by atoms with Crippen LogP contribution in [0.1, 0.15) is 30.4 Å². The Balaban J connectivity index is 1.82. The predicted molar refractivity (Wildman–Crippen MR) is 63.7 cm³/mol. The smallest absolute Gasteiger partial charge is 0.358 e. The van der Waals surface area contributed by atoms with Gasteiger partial charge in [-0.05, 0) is 13.8 Å². The number of likely N-dealkylation sites (tertiary alicyclic amines) is 1. The van der Waals surface area contributed by atoms with Crippen LogP contribution in [0, 0.1) is 0 Å². The first-order valence-corrected chi connectivity index (χ1v) is 6.02. The minimum Gasteiger partial charge on any atom is -0.476 e. The van der Waals surface area contributed by atoms with Crippen molar-refractivity contribution in [1.29, 1.82) is 0 Å². The van der Waals surface area contributed by atoms with Crippen molar-refractivity contribution in [2.24, 2.45) is 0 Å². The zero-order valence-corrected chi connectivity index (χ0v) is 10.8. The molecule has 104 valence electrons. The molecule has 2 heterocycles. The van der Waals surface area contributed by atoms with E-state index in [4.69, 9.17) is 9.84 Å². The van der Waals surface area contributed by atoms with Crippen LogP contribution in [-0.2, 0) is 9.53 Å². The van der Waals surface area contributed by atoms with Crippen molar-refractivity contribution in [3.8, 4) is 0 Å². The van der Waals surface area contributed by atoms with E-state index in [1.807, 2.05) is 13.8 Å². The molecule has 2 rings (SSSR count). The summed E-state index contributed by atoms with van der Waals surface area (Å²) in [4.78, 5) is 24.0. The van der Waals surface area contributed by atoms with Crippen molar-refractivity contribution in [3.05, 3.63) is 11.9 Å². The lowest BCUT2D eigenvalue weighted by atomic mass is 10.1. The van der Waals surface area contributed by atoms with Crippen LogP contribution in [0.3, 0.4) is 0 Å². The topological polar surface area (TPSA) is 97.5 Å². The van der Waals surface area contributed by atoms with E-state index in [1.165, 1.54) is 10.9 Å². The zero-order valence-electron chi connectivity index (χ0n) is 10.8. The highest BCUT2D eigenvalue weighted by Gasteiger charge is 2.33. The Hall–Kier alpha value is -1.96. The summed E-state index contributed by atoms with van der Waals surface area (Å²) in [5, 5.41) is 16.0. The van der Waals surface area contributed by atoms with Gasteiger partial charge in [0.25, 0.3) is 0 Å². The Morgan fingerprint density at radius 3 is 2.74 bits per heavy atom. The molecule has 0 bridgehead atoms. The van der Waals surface area contributed by atoms with E-state index < -0.39 is 5.97 Å². The van der Waals surface area contributed by atoms with Gasteiger partial charge in [0, 0.05) is 13.1 Å². The van der Waals surface area contributed by atoms with Crippen LogP contribution in [0.2, 0.25) is 0 Å². The summed E-state index contributed by atoms with van der Waals surface area (Å²) in [5.74, 6) is -1.17. The number of carboxylic acids is 1. The third-order valence-electron chi connectivity index (χ3n) is 2.86. The second-order valence-electron chi connectivity index (χ2n) is 4.70. The SMILES string of the molecule is CC(C)OCC(=O)N1CC(n2cc(C(=O)O)nn2)C1. The van der Waals surface area contributed by atoms with E-state index in [0.29, 0.717) is 13.1 Å². The summed E-state index contributed by atoms with van der Waals surface area (Å²) in [6.45, 7) is 4.82. The summed E-state index contributed by atoms with van der Waals surface area (Å²) < 4.78 is 6.72. The van der Waals surface area contributed by atoms with Gasteiger partial charge in [-0.2, -0.15) is 0 Å². The van der Waals surface area contributed by atoms with E-state index >= 15 is 0 Å². The minimum absolute atomic E-state index is 0.0106. The summed E-state index contributed by atoms with van der Waals surface area (Å²) in [7, 11) is 0. The Labute approximate surface area is 109 Å². The molecule has 1 aliphatic heterocycles. The van der Waals surface area contributed by atoms with Crippen LogP contribution >= 0.6 is 0 Å². The highest BCUT2D eigenvalue weighted by molar-refractivity contribution is 5.84. The lowest BCUT2D eigenvalue weighted by Crippen LogP contribution is -2.52. The highest BCUT2D eigenvalue weighted by Crippen LogP contribution is 2.20. The lowest BCUT2D eigenvalue weighted by molar-refractivity contribution is -0.143. The van der Waals surface area contributed by atoms with Crippen molar-refractivity contribution in [3.63, 3.8) is 0 Å². The van der Waals surface area contributed by atoms with E-state index in [9.17, 15) is 9.59 Å². The molecule has 1 saturated heterocycles. The summed E-state index contributed by atoms with van der Waals surface area (Å²) >= 11 is 0. The molecular formula is C11H16N4O4. The largest absolute Gasteiger partial charge is 0.476 e. The van der Waals surface area contributed by atoms with E-state index in [2.05, 4.69) is 10.3 Å². The maximum Gasteiger partial charge on any atom is 0.358 e. The van der Waals surface area contributed by atoms with Gasteiger partial charge in [-0.25, -0.2) is 9.48 Å². The Bertz CT molecular complexity index is 479. The molecule has 0 atom stereocenters. The molecule has 0 spiro atoms. The minimum atomic E-state index is -1.11. The van der Waals surface area contributed by atoms with Gasteiger partial charge < -0.3 is 14.7 Å². The number of aromatic nitrogens is 3. The third-order valence-corrected chi connectivity index (χ3v) is 2.86. The zero-order chi connectivity index (χ0) is 14.0. The van der Waals surface area contributed by atoms with Gasteiger partial charge in [0.2, 0.25) is 5.91 Å². The fraction of sp³-hybridized carbons (Fsp3) is 0.636. The van der Waals surface area contributed by atoms with E-state index in [0.717, 1.165) is 0 Å². The number of hydrogen-bond donors (Lipinski definition) is 1. The van der Waals surface area contributed by atoms with Crippen LogP contribution in [0.25, 0.3) is 0 Å². The fourth-order valence-electron chi connectivity index (χ4n) is 1.71. The number of carboxylic acid groups (broad SMARTS) is 1. The van der Waals surface area contributed by atoms with Gasteiger partial charge in [-0.15, -0.1) is 5.10 Å². The molecule has 1 amide bonds. The quantitative estimate of drug-likeness (QED) is 0.793. The second kappa shape index (κ2) is 5.35. The number of amides is 1. The van der Waals surface area contributed by atoms with Crippen LogP contribution in [0.15, 0.2) is 6.20 Å². The maximum atomic E-state index is 11.7. The molecule has 1 aromatic rings. The highest BCUT2D eigenvalue weighted by atomic mass is 16.5. The number of hydrogen-bond acceptors (Lipinski definition) is 5. The molecule has 8 heteroatoms. The molecule has 0 radical (unpaired) electrons. The summed E-state index contributed by atoms with van der Waals surface area (Å²) in [6, 6.07) is -0.0106. The average Bonchev–Trinajstić information content (AvgIpc) is 2.73. The standard InChI is InChI=1S/C11H16N4O4/c1-7(2)19-6-10(16)14-3-8(4-14)15-5-9(11(17)18)12-13-15/h5,7-8H,3-4,6H2,1-2H3,(H,17,18). The van der Waals surface area contributed by atoms with Crippen molar-refractivity contribution in [2.75, 3.05) is 19.7 Å². The number of aromatic carboxylic acids is 1. The van der Waals surface area contributed by atoms with Crippen LogP contribution in [0.5, 0.6) is 0 Å². The van der Waals surface area contributed by atoms with Crippen LogP contribution in [-0.4, -0.2) is 62.7 Å². The summed E-state index contributed by atoms with van der Waals surface area (Å²) in [5.41, 5.74) is -0.0899. The van der Waals surface area contributed by atoms with Crippen molar-refractivity contribution >= 4 is 11.9 Å². The second-order valence-corrected chi connectivity index (χ2v) is 4.70. The van der Waals surface area contributed by atoms with Gasteiger partial charge in [0.05, 0.1) is 18.3 Å². The predicted octanol–water partition coefficient (Wildman–Crippen LogP) is -0.215. The van der Waals surface area contributed by atoms with Crippen LogP contribution in [0.4, 0.5) is 0 Å². The average molecular weight is 268 g/mol. The van der Waals surface area contributed by atoms with Crippen molar-refractivity contribution in [1.82, 2.24) is 19.9 Å². The Kier molecular flexibility index (Phi) is 3.79. The van der Waals surface area contributed by atoms with Crippen molar-refractivity contribution < 1.29 is 19.4 Å². The van der Waals surface area contributed by atoms with Gasteiger partial charge >= 0.3 is 5.97 Å². The molecule has 0 saturated carbocycles. The Morgan fingerprint density at radius 1 is 1.53 bits per heavy atom. The molecule has 0 aliphatic carbocycles. The van der Waals surface area contributed by atoms with E-state index in [1.54, 1.807) is 4.90 Å². The fourth-order valence-corrected chi connectivity index (χ4v) is 1.71. The van der Waals surface area contributed by atoms with Gasteiger partial charge in [-0.1, -0.05) is 5.21 Å². The molecule has 1 aliphatic rings. The molecule has 0 unspecified atom stereocenters. The van der Waals surface area contributed by atoms with Gasteiger partial charge in [0.15, 0.2) is 5.69 Å². The first kappa shape index (κ1) is 13.5. The number of ether oxygens (including phenoxy) is 1. The lowest BCUT2D eigenvalue weighted by Gasteiger charge is -2.38. The molecule has 1 aromatic heterocycles. The van der Waals surface area contributed by atoms with Gasteiger partial charge in [-0.3, -0.25) is 4.79 Å². The maximum absolute atomic E-state index is 11.7. The molecule has 1 fully saturated rings. The number of carbonyl (C=O) groups excluding carboxylic acids is 1. The molecule has 8 nitrogen and oxygen atoms in total. The Morgan fingerprint density at radius 2 is 2.21 bits per heavy atom. The number of rotatable bonds is 5. The first-order chi connectivity index (χ1) is 8.97. The van der Waals surface area contributed by atoms with Crippen molar-refractivity contribution in [2.45, 2.75) is 26.0 Å². The molecule has 0 aromatic carbocycles. The molecular weight excluding hydrogens is 252 g/mol. The normalized spacial score (nSPS) is 15.6. The summed E-state index contributed by atoms with van der Waals surface area (Å²) in [6.07, 6.45) is 1.40. The number of nitrogens with zero attached hydrogens (tertiary/aromatic N) is 4. The van der Waals surface area contributed by atoms with Gasteiger partial charge in [0.1, 0.15) is 6.61 Å². The third kappa shape index (κ3) is 3.08. The van der Waals surface area contributed by atoms with E-state index in [-0.39, 0.29) is 30.4 Å². The monoisotopic (exact) mass is 268 g/mol. The molecule has 1 N–H and O–H groups in total. The number of carbonyl (C=O) groups is 2. The van der Waals surface area contributed by atoms with Crippen LogP contribution < -0.4 is 0 Å². The molecule has 19 heavy (non-hydrogen) atoms.